The third-order valence-corrected chi connectivity index (χ3v) is 18.1. The Bertz CT molecular complexity index is 1050. The van der Waals surface area contributed by atoms with Gasteiger partial charge in [-0.2, -0.15) is 0 Å². The van der Waals surface area contributed by atoms with Crippen molar-refractivity contribution in [1.82, 2.24) is 0 Å². The minimum Gasteiger partial charge on any atom is -0.229 e. The molecule has 3 aliphatic heterocycles. The molecule has 0 aromatic rings. The van der Waals surface area contributed by atoms with E-state index in [9.17, 15) is 16.8 Å². The lowest BCUT2D eigenvalue weighted by Gasteiger charge is -2.51. The van der Waals surface area contributed by atoms with Crippen LogP contribution in [0.25, 0.3) is 0 Å². The van der Waals surface area contributed by atoms with Crippen LogP contribution in [0.5, 0.6) is 0 Å². The highest BCUT2D eigenvalue weighted by Crippen LogP contribution is 2.78. The van der Waals surface area contributed by atoms with Crippen LogP contribution in [0.3, 0.4) is 0 Å². The van der Waals surface area contributed by atoms with Gasteiger partial charge in [0, 0.05) is 0 Å². The summed E-state index contributed by atoms with van der Waals surface area (Å²) < 4.78 is 53.8. The Morgan fingerprint density at radius 3 is 2.13 bits per heavy atom. The van der Waals surface area contributed by atoms with Gasteiger partial charge in [0.2, 0.25) is 0 Å². The minimum absolute atomic E-state index is 0.0105. The predicted molar refractivity (Wildman–Crippen MR) is 118 cm³/mol. The van der Waals surface area contributed by atoms with Crippen molar-refractivity contribution in [2.45, 2.75) is 77.1 Å². The molecular weight excluding hydrogens is 416 g/mol. The molecule has 13 atom stereocenters. The van der Waals surface area contributed by atoms with Crippen LogP contribution in [-0.4, -0.2) is 38.3 Å². The summed E-state index contributed by atoms with van der Waals surface area (Å²) in [6, 6.07) is 0. The predicted octanol–water partition coefficient (Wildman–Crippen LogP) is 3.81. The lowest BCUT2D eigenvalue weighted by atomic mass is 9.55. The topological polar surface area (TPSA) is 68.3 Å². The van der Waals surface area contributed by atoms with E-state index in [2.05, 4.69) is 48.5 Å². The Hall–Kier alpha value is -0.100. The molecule has 6 bridgehead atoms. The summed E-state index contributed by atoms with van der Waals surface area (Å²) in [7, 11) is -6.24. The molecule has 7 fully saturated rings. The van der Waals surface area contributed by atoms with Crippen LogP contribution in [0, 0.1) is 63.6 Å². The van der Waals surface area contributed by atoms with Crippen LogP contribution in [0.15, 0.2) is 0 Å². The van der Waals surface area contributed by atoms with Crippen LogP contribution in [0.1, 0.15) is 61.3 Å². The Balaban J connectivity index is 1.46. The van der Waals surface area contributed by atoms with Crippen molar-refractivity contribution in [1.29, 1.82) is 0 Å². The summed E-state index contributed by atoms with van der Waals surface area (Å²) in [5, 5.41) is -0.647. The third-order valence-electron chi connectivity index (χ3n) is 12.7. The van der Waals surface area contributed by atoms with Gasteiger partial charge in [-0.05, 0) is 76.4 Å². The van der Waals surface area contributed by atoms with Crippen LogP contribution in [-0.2, 0) is 19.7 Å². The smallest absolute Gasteiger partial charge is 0.156 e. The van der Waals surface area contributed by atoms with E-state index in [1.54, 1.807) is 0 Å². The quantitative estimate of drug-likeness (QED) is 0.636. The molecule has 4 saturated carbocycles. The molecule has 4 aliphatic carbocycles. The van der Waals surface area contributed by atoms with Crippen molar-refractivity contribution in [3.05, 3.63) is 0 Å². The second-order valence-corrected chi connectivity index (χ2v) is 17.8. The Morgan fingerprint density at radius 2 is 1.53 bits per heavy atom. The van der Waals surface area contributed by atoms with Crippen molar-refractivity contribution in [2.24, 2.45) is 63.6 Å². The normalized spacial score (nSPS) is 65.0. The third kappa shape index (κ3) is 1.80. The standard InChI is InChI=1S/C24H38O4S2/c1-11-18-14(17-9-15(22(18,4)5)20(11)30(17,27)28)8-16-21-19-12(2)24(16,7)13(3)23(19,6)10-29(21,25)26/h11-21H,8-10H2,1-7H3. The molecule has 170 valence electrons. The molecule has 0 N–H and O–H groups in total. The average molecular weight is 455 g/mol. The fourth-order valence-corrected chi connectivity index (χ4v) is 18.3. The molecule has 13 unspecified atom stereocenters. The second kappa shape index (κ2) is 5.18. The van der Waals surface area contributed by atoms with Crippen LogP contribution in [0.4, 0.5) is 0 Å². The van der Waals surface area contributed by atoms with Gasteiger partial charge in [-0.15, -0.1) is 0 Å². The van der Waals surface area contributed by atoms with Crippen LogP contribution >= 0.6 is 0 Å². The summed E-state index contributed by atoms with van der Waals surface area (Å²) in [4.78, 5) is 0. The number of rotatable bonds is 2. The van der Waals surface area contributed by atoms with E-state index in [1.807, 2.05) is 0 Å². The van der Waals surface area contributed by atoms with Crippen molar-refractivity contribution < 1.29 is 16.8 Å². The summed E-state index contributed by atoms with van der Waals surface area (Å²) >= 11 is 0. The van der Waals surface area contributed by atoms with Gasteiger partial charge >= 0.3 is 0 Å². The summed E-state index contributed by atoms with van der Waals surface area (Å²) in [6.07, 6.45) is 1.60. The first-order valence-corrected chi connectivity index (χ1v) is 15.4. The van der Waals surface area contributed by atoms with Gasteiger partial charge in [0.15, 0.2) is 19.7 Å². The fourth-order valence-electron chi connectivity index (χ4n) is 11.5. The molecular formula is C24H38O4S2. The Morgan fingerprint density at radius 1 is 0.900 bits per heavy atom. The van der Waals surface area contributed by atoms with Gasteiger partial charge in [-0.25, -0.2) is 16.8 Å². The second-order valence-electron chi connectivity index (χ2n) is 13.3. The zero-order valence-corrected chi connectivity index (χ0v) is 21.1. The highest BCUT2D eigenvalue weighted by Gasteiger charge is 2.79. The van der Waals surface area contributed by atoms with E-state index in [0.717, 1.165) is 12.8 Å². The van der Waals surface area contributed by atoms with Crippen molar-refractivity contribution >= 4 is 19.7 Å². The maximum absolute atomic E-state index is 13.5. The van der Waals surface area contributed by atoms with Gasteiger partial charge in [-0.3, -0.25) is 0 Å². The maximum Gasteiger partial charge on any atom is 0.156 e. The summed E-state index contributed by atoms with van der Waals surface area (Å²) in [5.74, 6) is 2.43. The first kappa shape index (κ1) is 20.5. The fraction of sp³-hybridized carbons (Fsp3) is 1.00. The number of sulfone groups is 2. The lowest BCUT2D eigenvalue weighted by Crippen LogP contribution is -2.51. The Kier molecular flexibility index (Phi) is 3.54. The molecule has 0 radical (unpaired) electrons. The Labute approximate surface area is 182 Å². The molecule has 30 heavy (non-hydrogen) atoms. The molecule has 3 heterocycles. The zero-order valence-electron chi connectivity index (χ0n) is 19.4. The van der Waals surface area contributed by atoms with Crippen LogP contribution in [0.2, 0.25) is 0 Å². The molecule has 4 nitrogen and oxygen atoms in total. The largest absolute Gasteiger partial charge is 0.229 e. The van der Waals surface area contributed by atoms with Crippen molar-refractivity contribution in [3.8, 4) is 0 Å². The van der Waals surface area contributed by atoms with Crippen molar-refractivity contribution in [2.75, 3.05) is 5.75 Å². The van der Waals surface area contributed by atoms with E-state index in [4.69, 9.17) is 0 Å². The van der Waals surface area contributed by atoms with Crippen molar-refractivity contribution in [3.63, 3.8) is 0 Å². The summed E-state index contributed by atoms with van der Waals surface area (Å²) in [6.45, 7) is 15.9. The number of hydrogen-bond donors (Lipinski definition) is 0. The van der Waals surface area contributed by atoms with E-state index < -0.39 is 19.7 Å². The van der Waals surface area contributed by atoms with E-state index >= 15 is 0 Å². The molecule has 0 aromatic carbocycles. The summed E-state index contributed by atoms with van der Waals surface area (Å²) in [5.41, 5.74) is -0.0869. The van der Waals surface area contributed by atoms with E-state index in [0.29, 0.717) is 23.5 Å². The maximum atomic E-state index is 13.5. The van der Waals surface area contributed by atoms with Gasteiger partial charge in [-0.1, -0.05) is 48.5 Å². The van der Waals surface area contributed by atoms with Gasteiger partial charge in [0.05, 0.1) is 21.5 Å². The van der Waals surface area contributed by atoms with Gasteiger partial charge in [0.1, 0.15) is 0 Å². The number of hydrogen-bond acceptors (Lipinski definition) is 4. The molecule has 3 saturated heterocycles. The first-order chi connectivity index (χ1) is 13.6. The number of fused-ring (bicyclic) bond motifs is 1. The van der Waals surface area contributed by atoms with Gasteiger partial charge in [0.25, 0.3) is 0 Å². The van der Waals surface area contributed by atoms with Crippen LogP contribution < -0.4 is 0 Å². The minimum atomic E-state index is -3.13. The van der Waals surface area contributed by atoms with E-state index in [-0.39, 0.29) is 61.6 Å². The zero-order chi connectivity index (χ0) is 22.0. The molecule has 7 rings (SSSR count). The highest BCUT2D eigenvalue weighted by molar-refractivity contribution is 7.93. The molecule has 6 heteroatoms. The lowest BCUT2D eigenvalue weighted by molar-refractivity contribution is 0.00104. The molecule has 0 aromatic heterocycles. The van der Waals surface area contributed by atoms with E-state index in [1.165, 1.54) is 0 Å². The molecule has 7 aliphatic rings. The van der Waals surface area contributed by atoms with Gasteiger partial charge < -0.3 is 0 Å². The molecule has 0 amide bonds. The first-order valence-electron chi connectivity index (χ1n) is 12.1. The highest BCUT2D eigenvalue weighted by atomic mass is 32.2. The average Bonchev–Trinajstić information content (AvgIpc) is 3.14. The monoisotopic (exact) mass is 454 g/mol. The SMILES string of the molecule is CC1C2C(CC3C4C5C(C)C3(C)C(C)C5(C)CS4(=O)=O)C3CC(C1S3(=O)=O)C2(C)C. The molecule has 0 spiro atoms.